The first-order valence-electron chi connectivity index (χ1n) is 5.96. The summed E-state index contributed by atoms with van der Waals surface area (Å²) in [6, 6.07) is 11.7. The first-order chi connectivity index (χ1) is 9.28. The van der Waals surface area contributed by atoms with Crippen LogP contribution in [0.3, 0.4) is 0 Å². The van der Waals surface area contributed by atoms with Crippen molar-refractivity contribution < 1.29 is 0 Å². The number of imidazole rings is 1. The zero-order chi connectivity index (χ0) is 13.2. The van der Waals surface area contributed by atoms with Crippen molar-refractivity contribution in [3.8, 4) is 6.07 Å². The molecule has 3 aromatic rings. The van der Waals surface area contributed by atoms with Crippen molar-refractivity contribution in [1.82, 2.24) is 9.55 Å². The third-order valence-electron chi connectivity index (χ3n) is 3.07. The normalized spacial score (nSPS) is 10.7. The Morgan fingerprint density at radius 1 is 1.37 bits per heavy atom. The lowest BCUT2D eigenvalue weighted by Gasteiger charge is -2.05. The molecule has 2 heterocycles. The van der Waals surface area contributed by atoms with E-state index < -0.39 is 0 Å². The number of anilines is 1. The molecule has 2 aromatic heterocycles. The van der Waals surface area contributed by atoms with Gasteiger partial charge in [-0.2, -0.15) is 5.26 Å². The lowest BCUT2D eigenvalue weighted by atomic mass is 10.2. The van der Waals surface area contributed by atoms with E-state index in [1.54, 1.807) is 17.4 Å². The highest BCUT2D eigenvalue weighted by Crippen LogP contribution is 2.20. The van der Waals surface area contributed by atoms with Crippen LogP contribution >= 0.6 is 11.3 Å². The smallest absolute Gasteiger partial charge is 0.201 e. The zero-order valence-electron chi connectivity index (χ0n) is 10.2. The molecule has 0 aliphatic carbocycles. The van der Waals surface area contributed by atoms with E-state index in [2.05, 4.69) is 22.5 Å². The van der Waals surface area contributed by atoms with Gasteiger partial charge in [-0.3, -0.25) is 0 Å². The van der Waals surface area contributed by atoms with Crippen molar-refractivity contribution in [3.63, 3.8) is 0 Å². The monoisotopic (exact) mass is 268 g/mol. The van der Waals surface area contributed by atoms with Gasteiger partial charge in [0.1, 0.15) is 0 Å². The maximum atomic E-state index is 8.97. The fraction of sp³-hybridized carbons (Fsp3) is 0.143. The summed E-state index contributed by atoms with van der Waals surface area (Å²) in [5.74, 6) is 0.502. The fourth-order valence-corrected chi connectivity index (χ4v) is 2.82. The molecule has 0 atom stereocenters. The molecule has 1 aromatic carbocycles. The van der Waals surface area contributed by atoms with Crippen LogP contribution in [0.1, 0.15) is 10.4 Å². The first kappa shape index (κ1) is 11.8. The largest absolute Gasteiger partial charge is 0.369 e. The van der Waals surface area contributed by atoms with Gasteiger partial charge in [-0.15, -0.1) is 11.3 Å². The maximum Gasteiger partial charge on any atom is 0.201 e. The molecular weight excluding hydrogens is 256 g/mol. The highest BCUT2D eigenvalue weighted by atomic mass is 32.1. The molecule has 0 fully saturated rings. The average Bonchev–Trinajstić information content (AvgIpc) is 3.03. The minimum absolute atomic E-state index is 0.502. The topological polar surface area (TPSA) is 67.6 Å². The van der Waals surface area contributed by atoms with Crippen molar-refractivity contribution in [3.05, 3.63) is 46.2 Å². The fourth-order valence-electron chi connectivity index (χ4n) is 2.12. The number of nitrogen functional groups attached to an aromatic ring is 1. The number of thiophene rings is 1. The molecule has 2 N–H and O–H groups in total. The highest BCUT2D eigenvalue weighted by Gasteiger charge is 2.09. The summed E-state index contributed by atoms with van der Waals surface area (Å²) in [7, 11) is 0. The predicted octanol–water partition coefficient (Wildman–Crippen LogP) is 2.79. The van der Waals surface area contributed by atoms with E-state index in [1.165, 1.54) is 4.88 Å². The third kappa shape index (κ3) is 2.18. The number of hydrogen-bond acceptors (Lipinski definition) is 4. The van der Waals surface area contributed by atoms with Crippen LogP contribution in [0.4, 0.5) is 5.95 Å². The van der Waals surface area contributed by atoms with Crippen LogP contribution in [0.2, 0.25) is 0 Å². The summed E-state index contributed by atoms with van der Waals surface area (Å²) in [5, 5.41) is 11.0. The van der Waals surface area contributed by atoms with Gasteiger partial charge in [0.15, 0.2) is 0 Å². The molecule has 5 heteroatoms. The molecule has 0 radical (unpaired) electrons. The van der Waals surface area contributed by atoms with E-state index in [0.717, 1.165) is 24.0 Å². The van der Waals surface area contributed by atoms with Crippen LogP contribution in [-0.2, 0) is 13.0 Å². The quantitative estimate of drug-likeness (QED) is 0.794. The molecule has 94 valence electrons. The molecule has 0 spiro atoms. The van der Waals surface area contributed by atoms with Crippen molar-refractivity contribution in [2.75, 3.05) is 5.73 Å². The molecule has 19 heavy (non-hydrogen) atoms. The van der Waals surface area contributed by atoms with Gasteiger partial charge in [0, 0.05) is 11.4 Å². The molecule has 0 saturated heterocycles. The van der Waals surface area contributed by atoms with E-state index in [-0.39, 0.29) is 0 Å². The molecule has 0 saturated carbocycles. The summed E-state index contributed by atoms with van der Waals surface area (Å²) in [5.41, 5.74) is 8.35. The number of rotatable bonds is 3. The minimum Gasteiger partial charge on any atom is -0.369 e. The number of aromatic nitrogens is 2. The van der Waals surface area contributed by atoms with Crippen molar-refractivity contribution in [2.45, 2.75) is 13.0 Å². The number of nitrogens with zero attached hydrogens (tertiary/aromatic N) is 3. The van der Waals surface area contributed by atoms with E-state index in [4.69, 9.17) is 11.0 Å². The number of benzene rings is 1. The van der Waals surface area contributed by atoms with Gasteiger partial charge in [0.2, 0.25) is 5.95 Å². The predicted molar refractivity (Wildman–Crippen MR) is 76.9 cm³/mol. The lowest BCUT2D eigenvalue weighted by molar-refractivity contribution is 0.733. The van der Waals surface area contributed by atoms with Gasteiger partial charge in [0.05, 0.1) is 22.7 Å². The SMILES string of the molecule is N#Cc1ccc2nc(N)n(CCc3cccs3)c2c1. The molecule has 0 aliphatic rings. The molecule has 0 bridgehead atoms. The second-order valence-electron chi connectivity index (χ2n) is 4.27. The number of aryl methyl sites for hydroxylation is 2. The number of nitriles is 1. The molecule has 3 rings (SSSR count). The second kappa shape index (κ2) is 4.75. The summed E-state index contributed by atoms with van der Waals surface area (Å²) in [6.07, 6.45) is 0.921. The van der Waals surface area contributed by atoms with E-state index >= 15 is 0 Å². The molecular formula is C14H12N4S. The van der Waals surface area contributed by atoms with Crippen LogP contribution in [0.5, 0.6) is 0 Å². The molecule has 0 amide bonds. The average molecular weight is 268 g/mol. The Labute approximate surface area is 114 Å². The Bertz CT molecular complexity index is 750. The molecule has 0 unspecified atom stereocenters. The number of fused-ring (bicyclic) bond motifs is 1. The third-order valence-corrected chi connectivity index (χ3v) is 4.00. The summed E-state index contributed by atoms with van der Waals surface area (Å²) in [6.45, 7) is 0.776. The van der Waals surface area contributed by atoms with Gasteiger partial charge in [-0.25, -0.2) is 4.98 Å². The number of nitrogens with two attached hydrogens (primary N) is 1. The first-order valence-corrected chi connectivity index (χ1v) is 6.84. The summed E-state index contributed by atoms with van der Waals surface area (Å²) in [4.78, 5) is 5.64. The molecule has 0 aliphatic heterocycles. The van der Waals surface area contributed by atoms with Crippen molar-refractivity contribution in [2.24, 2.45) is 0 Å². The van der Waals surface area contributed by atoms with E-state index in [0.29, 0.717) is 11.5 Å². The van der Waals surface area contributed by atoms with Gasteiger partial charge >= 0.3 is 0 Å². The summed E-state index contributed by atoms with van der Waals surface area (Å²) < 4.78 is 1.97. The minimum atomic E-state index is 0.502. The molecule has 4 nitrogen and oxygen atoms in total. The zero-order valence-corrected chi connectivity index (χ0v) is 11.0. The maximum absolute atomic E-state index is 8.97. The van der Waals surface area contributed by atoms with Crippen LogP contribution in [0.15, 0.2) is 35.7 Å². The van der Waals surface area contributed by atoms with Crippen LogP contribution in [0.25, 0.3) is 11.0 Å². The van der Waals surface area contributed by atoms with Gasteiger partial charge in [-0.1, -0.05) is 6.07 Å². The Balaban J connectivity index is 1.97. The van der Waals surface area contributed by atoms with Crippen LogP contribution in [-0.4, -0.2) is 9.55 Å². The van der Waals surface area contributed by atoms with Crippen molar-refractivity contribution in [1.29, 1.82) is 5.26 Å². The number of hydrogen-bond donors (Lipinski definition) is 1. The van der Waals surface area contributed by atoms with E-state index in [9.17, 15) is 0 Å². The van der Waals surface area contributed by atoms with Crippen LogP contribution in [0, 0.1) is 11.3 Å². The van der Waals surface area contributed by atoms with Crippen LogP contribution < -0.4 is 5.73 Å². The van der Waals surface area contributed by atoms with Gasteiger partial charge in [-0.05, 0) is 36.1 Å². The van der Waals surface area contributed by atoms with E-state index in [1.807, 2.05) is 22.8 Å². The Hall–Kier alpha value is -2.32. The Kier molecular flexibility index (Phi) is 2.94. The summed E-state index contributed by atoms with van der Waals surface area (Å²) >= 11 is 1.74. The van der Waals surface area contributed by atoms with Gasteiger partial charge in [0.25, 0.3) is 0 Å². The lowest BCUT2D eigenvalue weighted by Crippen LogP contribution is -2.05. The Morgan fingerprint density at radius 3 is 3.00 bits per heavy atom. The standard InChI is InChI=1S/C14H12N4S/c15-9-10-3-4-12-13(8-10)18(14(16)17-12)6-5-11-2-1-7-19-11/h1-4,7-8H,5-6H2,(H2,16,17). The second-order valence-corrected chi connectivity index (χ2v) is 5.30. The van der Waals surface area contributed by atoms with Gasteiger partial charge < -0.3 is 10.3 Å². The van der Waals surface area contributed by atoms with Crippen molar-refractivity contribution >= 4 is 28.3 Å². The highest BCUT2D eigenvalue weighted by molar-refractivity contribution is 7.09. The Morgan fingerprint density at radius 2 is 2.26 bits per heavy atom.